The first-order valence-electron chi connectivity index (χ1n) is 7.78. The molecule has 2 fully saturated rings. The molecule has 1 saturated heterocycles. The van der Waals surface area contributed by atoms with Crippen LogP contribution in [0.15, 0.2) is 18.3 Å². The van der Waals surface area contributed by atoms with E-state index in [1.807, 2.05) is 0 Å². The fraction of sp³-hybridized carbons (Fsp3) is 0.562. The van der Waals surface area contributed by atoms with E-state index in [4.69, 9.17) is 9.84 Å². The lowest BCUT2D eigenvalue weighted by Crippen LogP contribution is -2.42. The van der Waals surface area contributed by atoms with Crippen LogP contribution in [0.25, 0.3) is 0 Å². The van der Waals surface area contributed by atoms with E-state index >= 15 is 0 Å². The number of rotatable bonds is 4. The van der Waals surface area contributed by atoms with Gasteiger partial charge in [0, 0.05) is 30.9 Å². The van der Waals surface area contributed by atoms with Crippen molar-refractivity contribution in [3.05, 3.63) is 23.9 Å². The predicted molar refractivity (Wildman–Crippen MR) is 78.8 cm³/mol. The van der Waals surface area contributed by atoms with Gasteiger partial charge >= 0.3 is 5.97 Å². The lowest BCUT2D eigenvalue weighted by molar-refractivity contribution is -0.143. The van der Waals surface area contributed by atoms with Crippen LogP contribution in [0.1, 0.15) is 42.5 Å². The molecule has 22 heavy (non-hydrogen) atoms. The van der Waals surface area contributed by atoms with E-state index in [2.05, 4.69) is 4.98 Å². The van der Waals surface area contributed by atoms with Gasteiger partial charge in [-0.2, -0.15) is 0 Å². The van der Waals surface area contributed by atoms with Gasteiger partial charge in [0.05, 0.1) is 5.92 Å². The fourth-order valence-electron chi connectivity index (χ4n) is 2.81. The highest BCUT2D eigenvalue weighted by atomic mass is 16.5. The first kappa shape index (κ1) is 14.8. The molecule has 3 rings (SSSR count). The van der Waals surface area contributed by atoms with E-state index in [0.29, 0.717) is 24.4 Å². The predicted octanol–water partition coefficient (Wildman–Crippen LogP) is 1.95. The zero-order valence-electron chi connectivity index (χ0n) is 12.4. The topological polar surface area (TPSA) is 79.7 Å². The Morgan fingerprint density at radius 3 is 2.77 bits per heavy atom. The number of carbonyl (C=O) groups is 2. The summed E-state index contributed by atoms with van der Waals surface area (Å²) in [6, 6.07) is 3.31. The third kappa shape index (κ3) is 3.21. The Morgan fingerprint density at radius 2 is 2.09 bits per heavy atom. The van der Waals surface area contributed by atoms with E-state index in [1.54, 1.807) is 23.2 Å². The molecule has 2 aliphatic rings. The van der Waals surface area contributed by atoms with Crippen LogP contribution in [-0.2, 0) is 4.79 Å². The third-order valence-corrected chi connectivity index (χ3v) is 4.38. The molecule has 0 spiro atoms. The molecule has 6 heteroatoms. The molecule has 0 radical (unpaired) electrons. The van der Waals surface area contributed by atoms with Crippen molar-refractivity contribution in [1.82, 2.24) is 9.88 Å². The average Bonchev–Trinajstić information content (AvgIpc) is 2.50. The minimum atomic E-state index is -0.832. The molecule has 1 amide bonds. The van der Waals surface area contributed by atoms with Crippen LogP contribution in [-0.4, -0.2) is 46.1 Å². The van der Waals surface area contributed by atoms with E-state index in [1.165, 1.54) is 6.42 Å². The summed E-state index contributed by atoms with van der Waals surface area (Å²) < 4.78 is 5.71. The van der Waals surface area contributed by atoms with Gasteiger partial charge in [0.15, 0.2) is 0 Å². The van der Waals surface area contributed by atoms with Crippen LogP contribution >= 0.6 is 0 Å². The molecule has 118 valence electrons. The SMILES string of the molecule is O=C(O)[C@H]1CCCN(C(=O)c2ccnc(OC3CCC3)c2)C1. The van der Waals surface area contributed by atoms with Gasteiger partial charge in [-0.05, 0) is 38.2 Å². The molecule has 2 heterocycles. The van der Waals surface area contributed by atoms with Crippen molar-refractivity contribution in [3.63, 3.8) is 0 Å². The second-order valence-electron chi connectivity index (χ2n) is 5.98. The summed E-state index contributed by atoms with van der Waals surface area (Å²) in [5.74, 6) is -0.972. The van der Waals surface area contributed by atoms with Crippen LogP contribution < -0.4 is 4.74 Å². The summed E-state index contributed by atoms with van der Waals surface area (Å²) in [6.45, 7) is 0.874. The van der Waals surface area contributed by atoms with Crippen LogP contribution in [0.4, 0.5) is 0 Å². The Balaban J connectivity index is 1.68. The van der Waals surface area contributed by atoms with E-state index in [9.17, 15) is 9.59 Å². The summed E-state index contributed by atoms with van der Waals surface area (Å²) >= 11 is 0. The third-order valence-electron chi connectivity index (χ3n) is 4.38. The maximum atomic E-state index is 12.5. The molecule has 1 N–H and O–H groups in total. The number of carboxylic acids is 1. The second kappa shape index (κ2) is 6.34. The lowest BCUT2D eigenvalue weighted by atomic mass is 9.96. The van der Waals surface area contributed by atoms with Crippen molar-refractivity contribution in [1.29, 1.82) is 0 Å². The molecular weight excluding hydrogens is 284 g/mol. The number of carboxylic acid groups (broad SMARTS) is 1. The van der Waals surface area contributed by atoms with Gasteiger partial charge in [-0.25, -0.2) is 4.98 Å². The Bertz CT molecular complexity index is 571. The molecule has 1 saturated carbocycles. The molecular formula is C16H20N2O4. The molecule has 1 aromatic heterocycles. The number of hydrogen-bond acceptors (Lipinski definition) is 4. The van der Waals surface area contributed by atoms with E-state index in [0.717, 1.165) is 19.3 Å². The van der Waals surface area contributed by atoms with Crippen LogP contribution in [0, 0.1) is 5.92 Å². The maximum absolute atomic E-state index is 12.5. The molecule has 1 atom stereocenters. The number of pyridine rings is 1. The molecule has 1 aromatic rings. The van der Waals surface area contributed by atoms with Crippen LogP contribution in [0.2, 0.25) is 0 Å². The Labute approximate surface area is 129 Å². The lowest BCUT2D eigenvalue weighted by Gasteiger charge is -2.31. The highest BCUT2D eigenvalue weighted by molar-refractivity contribution is 5.94. The highest BCUT2D eigenvalue weighted by Crippen LogP contribution is 2.25. The number of ether oxygens (including phenoxy) is 1. The molecule has 6 nitrogen and oxygen atoms in total. The molecule has 0 aromatic carbocycles. The zero-order valence-corrected chi connectivity index (χ0v) is 12.4. The van der Waals surface area contributed by atoms with Gasteiger partial charge in [0.25, 0.3) is 5.91 Å². The van der Waals surface area contributed by atoms with Crippen molar-refractivity contribution in [2.24, 2.45) is 5.92 Å². The number of nitrogens with zero attached hydrogens (tertiary/aromatic N) is 2. The number of aliphatic carboxylic acids is 1. The van der Waals surface area contributed by atoms with Gasteiger partial charge < -0.3 is 14.7 Å². The van der Waals surface area contributed by atoms with Crippen LogP contribution in [0.3, 0.4) is 0 Å². The maximum Gasteiger partial charge on any atom is 0.308 e. The summed E-state index contributed by atoms with van der Waals surface area (Å²) in [7, 11) is 0. The first-order chi connectivity index (χ1) is 10.6. The summed E-state index contributed by atoms with van der Waals surface area (Å²) in [5, 5.41) is 9.12. The van der Waals surface area contributed by atoms with E-state index in [-0.39, 0.29) is 18.6 Å². The van der Waals surface area contributed by atoms with Crippen molar-refractivity contribution in [2.75, 3.05) is 13.1 Å². The Morgan fingerprint density at radius 1 is 1.27 bits per heavy atom. The number of amides is 1. The monoisotopic (exact) mass is 304 g/mol. The average molecular weight is 304 g/mol. The molecule has 1 aliphatic heterocycles. The van der Waals surface area contributed by atoms with E-state index < -0.39 is 11.9 Å². The number of hydrogen-bond donors (Lipinski definition) is 1. The summed E-state index contributed by atoms with van der Waals surface area (Å²) in [5.41, 5.74) is 0.510. The standard InChI is InChI=1S/C16H20N2O4/c19-15(18-8-2-3-12(10-18)16(20)21)11-6-7-17-14(9-11)22-13-4-1-5-13/h6-7,9,12-13H,1-5,8,10H2,(H,20,21)/t12-/m0/s1. The van der Waals surface area contributed by atoms with Crippen molar-refractivity contribution in [3.8, 4) is 5.88 Å². The Hall–Kier alpha value is -2.11. The highest BCUT2D eigenvalue weighted by Gasteiger charge is 2.29. The number of carbonyl (C=O) groups excluding carboxylic acids is 1. The minimum Gasteiger partial charge on any atom is -0.481 e. The molecule has 0 bridgehead atoms. The van der Waals surface area contributed by atoms with Gasteiger partial charge in [-0.3, -0.25) is 9.59 Å². The van der Waals surface area contributed by atoms with Crippen molar-refractivity contribution < 1.29 is 19.4 Å². The normalized spacial score (nSPS) is 22.0. The van der Waals surface area contributed by atoms with Gasteiger partial charge in [-0.15, -0.1) is 0 Å². The Kier molecular flexibility index (Phi) is 4.27. The first-order valence-corrected chi connectivity index (χ1v) is 7.78. The summed E-state index contributed by atoms with van der Waals surface area (Å²) in [6.07, 6.45) is 6.38. The van der Waals surface area contributed by atoms with Gasteiger partial charge in [0.1, 0.15) is 6.10 Å². The molecule has 0 unspecified atom stereocenters. The second-order valence-corrected chi connectivity index (χ2v) is 5.98. The van der Waals surface area contributed by atoms with Crippen molar-refractivity contribution in [2.45, 2.75) is 38.2 Å². The molecule has 1 aliphatic carbocycles. The zero-order chi connectivity index (χ0) is 15.5. The number of piperidine rings is 1. The fourth-order valence-corrected chi connectivity index (χ4v) is 2.81. The largest absolute Gasteiger partial charge is 0.481 e. The van der Waals surface area contributed by atoms with Crippen LogP contribution in [0.5, 0.6) is 5.88 Å². The number of likely N-dealkylation sites (tertiary alicyclic amines) is 1. The van der Waals surface area contributed by atoms with Crippen molar-refractivity contribution >= 4 is 11.9 Å². The van der Waals surface area contributed by atoms with Gasteiger partial charge in [-0.1, -0.05) is 0 Å². The number of aromatic nitrogens is 1. The quantitative estimate of drug-likeness (QED) is 0.919. The smallest absolute Gasteiger partial charge is 0.308 e. The minimum absolute atomic E-state index is 0.146. The summed E-state index contributed by atoms with van der Waals surface area (Å²) in [4.78, 5) is 29.4. The van der Waals surface area contributed by atoms with Gasteiger partial charge in [0.2, 0.25) is 5.88 Å².